The van der Waals surface area contributed by atoms with E-state index in [2.05, 4.69) is 9.47 Å². The summed E-state index contributed by atoms with van der Waals surface area (Å²) in [5.74, 6) is -2.21. The van der Waals surface area contributed by atoms with Crippen LogP contribution in [0.25, 0.3) is 0 Å². The van der Waals surface area contributed by atoms with Crippen molar-refractivity contribution in [1.82, 2.24) is 0 Å². The third-order valence-electron chi connectivity index (χ3n) is 1.89. The Bertz CT molecular complexity index is 230. The molecule has 0 bridgehead atoms. The number of rotatable bonds is 2. The summed E-state index contributed by atoms with van der Waals surface area (Å²) in [6.07, 6.45) is -1.49. The second-order valence-electron chi connectivity index (χ2n) is 3.16. The zero-order valence-electron chi connectivity index (χ0n) is 8.47. The average molecular weight is 242 g/mol. The molecule has 0 aromatic heterocycles. The van der Waals surface area contributed by atoms with Crippen LogP contribution in [0, 0.1) is 0 Å². The quantitative estimate of drug-likeness (QED) is 0.370. The number of carbonyl (C=O) groups is 2. The molecule has 0 N–H and O–H groups in total. The number of carboxylic acids is 2. The van der Waals surface area contributed by atoms with Gasteiger partial charge in [-0.3, -0.25) is 0 Å². The Morgan fingerprint density at radius 2 is 1.13 bits per heavy atom. The van der Waals surface area contributed by atoms with Crippen LogP contribution in [0.4, 0.5) is 0 Å². The molecule has 0 spiro atoms. The van der Waals surface area contributed by atoms with Crippen molar-refractivity contribution in [2.45, 2.75) is 38.3 Å². The molecule has 2 aliphatic heterocycles. The molecule has 6 nitrogen and oxygen atoms in total. The van der Waals surface area contributed by atoms with Gasteiger partial charge < -0.3 is 29.3 Å². The van der Waals surface area contributed by atoms with E-state index in [4.69, 9.17) is 0 Å². The molecule has 2 saturated heterocycles. The summed E-state index contributed by atoms with van der Waals surface area (Å²) in [5.41, 5.74) is 0. The third kappa shape index (κ3) is 5.12. The van der Waals surface area contributed by atoms with Gasteiger partial charge in [0.25, 0.3) is 0 Å². The standard InChI is InChI=1S/2C4H6O3.Ca/c2*1-2-3(7-2)4(5)6;/h2*2-3H,1H3,(H,5,6);/q;;+2/p-2/t2*2-,3-;/m11./s1. The number of hydrogen-bond acceptors (Lipinski definition) is 6. The van der Waals surface area contributed by atoms with Gasteiger partial charge in [-0.2, -0.15) is 0 Å². The molecule has 7 heteroatoms. The second kappa shape index (κ2) is 6.00. The predicted molar refractivity (Wildman–Crippen MR) is 44.4 cm³/mol. The molecule has 2 heterocycles. The maximum absolute atomic E-state index is 9.74. The first kappa shape index (κ1) is 15.1. The summed E-state index contributed by atoms with van der Waals surface area (Å²) in [6, 6.07) is 0. The fourth-order valence-corrected chi connectivity index (χ4v) is 0.866. The van der Waals surface area contributed by atoms with Crippen LogP contribution in [0.3, 0.4) is 0 Å². The molecule has 15 heavy (non-hydrogen) atoms. The molecule has 0 aliphatic carbocycles. The molecule has 0 amide bonds. The average Bonchev–Trinajstić information content (AvgIpc) is 2.90. The first-order chi connectivity index (χ1) is 6.43. The monoisotopic (exact) mass is 242 g/mol. The van der Waals surface area contributed by atoms with Gasteiger partial charge in [0.15, 0.2) is 0 Å². The maximum atomic E-state index is 9.74. The van der Waals surface area contributed by atoms with E-state index in [1.807, 2.05) is 0 Å². The van der Waals surface area contributed by atoms with Crippen molar-refractivity contribution < 1.29 is 29.3 Å². The van der Waals surface area contributed by atoms with E-state index < -0.39 is 24.1 Å². The number of ether oxygens (including phenoxy) is 2. The minimum absolute atomic E-state index is 0. The molecule has 2 fully saturated rings. The van der Waals surface area contributed by atoms with Crippen molar-refractivity contribution in [1.29, 1.82) is 0 Å². The summed E-state index contributed by atoms with van der Waals surface area (Å²) in [7, 11) is 0. The van der Waals surface area contributed by atoms with Gasteiger partial charge in [-0.15, -0.1) is 0 Å². The van der Waals surface area contributed by atoms with Gasteiger partial charge in [-0.25, -0.2) is 0 Å². The Morgan fingerprint density at radius 1 is 0.933 bits per heavy atom. The smallest absolute Gasteiger partial charge is 0.547 e. The molecule has 0 aromatic rings. The first-order valence-corrected chi connectivity index (χ1v) is 4.16. The van der Waals surface area contributed by atoms with Crippen molar-refractivity contribution in [3.63, 3.8) is 0 Å². The van der Waals surface area contributed by atoms with E-state index in [-0.39, 0.29) is 49.9 Å². The van der Waals surface area contributed by atoms with Crippen molar-refractivity contribution >= 4 is 49.7 Å². The second-order valence-corrected chi connectivity index (χ2v) is 3.16. The van der Waals surface area contributed by atoms with Gasteiger partial charge in [0.2, 0.25) is 0 Å². The largest absolute Gasteiger partial charge is 2.00 e. The SMILES string of the molecule is C[C@H]1O[C@H]1C(=O)[O-].C[C@H]1O[C@H]1C(=O)[O-].[Ca+2]. The minimum Gasteiger partial charge on any atom is -0.547 e. The first-order valence-electron chi connectivity index (χ1n) is 4.16. The molecule has 0 aromatic carbocycles. The van der Waals surface area contributed by atoms with Crippen LogP contribution in [0.15, 0.2) is 0 Å². The predicted octanol–water partition coefficient (Wildman–Crippen LogP) is -3.33. The van der Waals surface area contributed by atoms with Gasteiger partial charge in [0, 0.05) is 0 Å². The van der Waals surface area contributed by atoms with E-state index >= 15 is 0 Å². The van der Waals surface area contributed by atoms with Crippen LogP contribution in [0.5, 0.6) is 0 Å². The zero-order chi connectivity index (χ0) is 10.9. The van der Waals surface area contributed by atoms with Gasteiger partial charge in [0.05, 0.1) is 24.1 Å². The van der Waals surface area contributed by atoms with Crippen LogP contribution in [0.2, 0.25) is 0 Å². The van der Waals surface area contributed by atoms with Crippen molar-refractivity contribution in [3.8, 4) is 0 Å². The van der Waals surface area contributed by atoms with E-state index in [0.29, 0.717) is 0 Å². The minimum atomic E-state index is -1.10. The summed E-state index contributed by atoms with van der Waals surface area (Å²) in [4.78, 5) is 19.5. The van der Waals surface area contributed by atoms with Gasteiger partial charge in [-0.05, 0) is 13.8 Å². The Morgan fingerprint density at radius 3 is 1.13 bits per heavy atom. The molecule has 80 valence electrons. The Balaban J connectivity index is 0.000000245. The van der Waals surface area contributed by atoms with Crippen molar-refractivity contribution in [2.24, 2.45) is 0 Å². The third-order valence-corrected chi connectivity index (χ3v) is 1.89. The summed E-state index contributed by atoms with van der Waals surface area (Å²) < 4.78 is 9.03. The van der Waals surface area contributed by atoms with E-state index in [9.17, 15) is 19.8 Å². The number of hydrogen-bond donors (Lipinski definition) is 0. The molecule has 0 radical (unpaired) electrons. The van der Waals surface area contributed by atoms with E-state index in [0.717, 1.165) is 0 Å². The molecule has 4 atom stereocenters. The number of carboxylic acid groups (broad SMARTS) is 2. The van der Waals surface area contributed by atoms with E-state index in [1.165, 1.54) is 0 Å². The fraction of sp³-hybridized carbons (Fsp3) is 0.750. The van der Waals surface area contributed by atoms with Crippen LogP contribution in [0.1, 0.15) is 13.8 Å². The normalized spacial score (nSPS) is 35.3. The van der Waals surface area contributed by atoms with Crippen LogP contribution < -0.4 is 10.2 Å². The van der Waals surface area contributed by atoms with Crippen molar-refractivity contribution in [2.75, 3.05) is 0 Å². The zero-order valence-corrected chi connectivity index (χ0v) is 10.7. The van der Waals surface area contributed by atoms with Crippen LogP contribution in [-0.2, 0) is 19.1 Å². The molecule has 0 saturated carbocycles. The van der Waals surface area contributed by atoms with Gasteiger partial charge in [-0.1, -0.05) is 0 Å². The molecule has 0 unspecified atom stereocenters. The Hall–Kier alpha value is 0.120. The van der Waals surface area contributed by atoms with Crippen LogP contribution >= 0.6 is 0 Å². The van der Waals surface area contributed by atoms with Crippen LogP contribution in [-0.4, -0.2) is 74.1 Å². The molecule has 2 rings (SSSR count). The Kier molecular flexibility index (Phi) is 6.05. The maximum Gasteiger partial charge on any atom is 2.00 e. The number of aliphatic carboxylic acids is 2. The topological polar surface area (TPSA) is 105 Å². The summed E-state index contributed by atoms with van der Waals surface area (Å²) in [5, 5.41) is 19.5. The molecular formula is C8H10CaO6. The van der Waals surface area contributed by atoms with Crippen molar-refractivity contribution in [3.05, 3.63) is 0 Å². The molecule has 2 aliphatic rings. The van der Waals surface area contributed by atoms with Gasteiger partial charge in [0.1, 0.15) is 12.2 Å². The Labute approximate surface area is 117 Å². The fourth-order valence-electron chi connectivity index (χ4n) is 0.866. The van der Waals surface area contributed by atoms with Gasteiger partial charge >= 0.3 is 37.7 Å². The molecular weight excluding hydrogens is 232 g/mol. The summed E-state index contributed by atoms with van der Waals surface area (Å²) in [6.45, 7) is 3.39. The van der Waals surface area contributed by atoms with E-state index in [1.54, 1.807) is 13.8 Å². The number of carbonyl (C=O) groups excluding carboxylic acids is 2. The number of epoxide rings is 2. The summed E-state index contributed by atoms with van der Waals surface area (Å²) >= 11 is 0.